The maximum atomic E-state index is 12.2. The van der Waals surface area contributed by atoms with Gasteiger partial charge in [-0.1, -0.05) is 38.7 Å². The van der Waals surface area contributed by atoms with Gasteiger partial charge in [-0.05, 0) is 62.1 Å². The molecule has 1 aliphatic carbocycles. The lowest BCUT2D eigenvalue weighted by molar-refractivity contribution is -0.309. The molecule has 4 rings (SSSR count). The number of phenolic OH excluding ortho intramolecular Hbond substituents is 1. The van der Waals surface area contributed by atoms with Crippen LogP contribution in [0.3, 0.4) is 0 Å². The lowest BCUT2D eigenvalue weighted by atomic mass is 9.77. The number of carboxylic acids is 1. The first-order valence-corrected chi connectivity index (χ1v) is 13.5. The van der Waals surface area contributed by atoms with E-state index in [-0.39, 0.29) is 33.6 Å². The first-order chi connectivity index (χ1) is 18.4. The van der Waals surface area contributed by atoms with Gasteiger partial charge in [-0.25, -0.2) is 4.79 Å². The van der Waals surface area contributed by atoms with Gasteiger partial charge >= 0.3 is 5.97 Å². The number of fused-ring (bicyclic) bond motifs is 1. The summed E-state index contributed by atoms with van der Waals surface area (Å²) in [6.07, 6.45) is -2.62. The number of hydrogen-bond donors (Lipinski definition) is 6. The van der Waals surface area contributed by atoms with E-state index in [1.807, 2.05) is 0 Å². The van der Waals surface area contributed by atoms with Crippen molar-refractivity contribution in [3.05, 3.63) is 34.9 Å². The normalized spacial score (nSPS) is 30.9. The summed E-state index contributed by atoms with van der Waals surface area (Å²) in [6.45, 7) is 4.98. The van der Waals surface area contributed by atoms with Crippen LogP contribution in [0.1, 0.15) is 85.1 Å². The summed E-state index contributed by atoms with van der Waals surface area (Å²) >= 11 is 0. The van der Waals surface area contributed by atoms with Crippen molar-refractivity contribution in [2.24, 2.45) is 5.92 Å². The first-order valence-electron chi connectivity index (χ1n) is 13.5. The van der Waals surface area contributed by atoms with Crippen molar-refractivity contribution in [1.29, 1.82) is 0 Å². The minimum Gasteiger partial charge on any atom is -0.506 e. The van der Waals surface area contributed by atoms with Crippen LogP contribution < -0.4 is 4.74 Å². The average molecular weight is 547 g/mol. The number of ether oxygens (including phenoxy) is 2. The molecule has 0 unspecified atom stereocenters. The topological polar surface area (TPSA) is 174 Å². The third-order valence-electron chi connectivity index (χ3n) is 8.27. The van der Waals surface area contributed by atoms with Crippen LogP contribution in [0.15, 0.2) is 18.2 Å². The molecule has 10 nitrogen and oxygen atoms in total. The number of Topliss-reactive ketones (excluding diaryl/α,β-unsaturated/α-hetero) is 1. The number of benzene rings is 2. The average Bonchev–Trinajstić information content (AvgIpc) is 3.24. The van der Waals surface area contributed by atoms with Crippen molar-refractivity contribution in [2.45, 2.75) is 102 Å². The number of aromatic carboxylic acids is 1. The highest BCUT2D eigenvalue weighted by atomic mass is 16.7. The Kier molecular flexibility index (Phi) is 8.53. The fourth-order valence-corrected chi connectivity index (χ4v) is 6.26. The predicted octanol–water partition coefficient (Wildman–Crippen LogP) is 3.05. The molecule has 39 heavy (non-hydrogen) atoms. The van der Waals surface area contributed by atoms with Crippen LogP contribution in [0.2, 0.25) is 0 Å². The van der Waals surface area contributed by atoms with Crippen LogP contribution in [-0.2, 0) is 4.74 Å². The largest absolute Gasteiger partial charge is 0.506 e. The molecule has 214 valence electrons. The predicted molar refractivity (Wildman–Crippen MR) is 141 cm³/mol. The highest BCUT2D eigenvalue weighted by molar-refractivity contribution is 6.08. The molecule has 2 aromatic carbocycles. The molecular weight excluding hydrogens is 508 g/mol. The van der Waals surface area contributed by atoms with E-state index in [1.54, 1.807) is 13.0 Å². The minimum atomic E-state index is -1.76. The second-order valence-corrected chi connectivity index (χ2v) is 10.9. The Bertz CT molecular complexity index is 1240. The van der Waals surface area contributed by atoms with Gasteiger partial charge in [0, 0.05) is 0 Å². The van der Waals surface area contributed by atoms with E-state index in [0.29, 0.717) is 24.8 Å². The maximum absolute atomic E-state index is 12.2. The van der Waals surface area contributed by atoms with Gasteiger partial charge in [0.15, 0.2) is 5.78 Å². The number of aryl methyl sites for hydroxylation is 1. The van der Waals surface area contributed by atoms with Crippen LogP contribution in [0.4, 0.5) is 0 Å². The Morgan fingerprint density at radius 1 is 1.10 bits per heavy atom. The van der Waals surface area contributed by atoms with E-state index in [2.05, 4.69) is 6.92 Å². The van der Waals surface area contributed by atoms with Crippen molar-refractivity contribution >= 4 is 22.5 Å². The van der Waals surface area contributed by atoms with Crippen LogP contribution >= 0.6 is 0 Å². The summed E-state index contributed by atoms with van der Waals surface area (Å²) in [5.41, 5.74) is -1.18. The zero-order chi connectivity index (χ0) is 28.6. The molecule has 0 spiro atoms. The van der Waals surface area contributed by atoms with E-state index in [9.17, 15) is 40.2 Å². The molecule has 0 aromatic heterocycles. The zero-order valence-electron chi connectivity index (χ0n) is 22.5. The number of hydrogen-bond acceptors (Lipinski definition) is 9. The molecule has 1 heterocycles. The molecule has 2 aromatic rings. The van der Waals surface area contributed by atoms with Crippen molar-refractivity contribution in [3.8, 4) is 11.5 Å². The van der Waals surface area contributed by atoms with Gasteiger partial charge in [0.1, 0.15) is 35.9 Å². The number of carboxylic acid groups (broad SMARTS) is 1. The van der Waals surface area contributed by atoms with E-state index in [0.717, 1.165) is 31.7 Å². The van der Waals surface area contributed by atoms with E-state index >= 15 is 0 Å². The Labute approximate surface area is 226 Å². The number of phenols is 1. The Hall–Kier alpha value is -2.76. The monoisotopic (exact) mass is 546 g/mol. The Balaban J connectivity index is 1.74. The number of aliphatic hydroxyl groups is 4. The summed E-state index contributed by atoms with van der Waals surface area (Å²) in [6, 6.07) is 4.00. The van der Waals surface area contributed by atoms with Crippen LogP contribution in [0, 0.1) is 12.8 Å². The van der Waals surface area contributed by atoms with Gasteiger partial charge in [-0.3, -0.25) is 4.79 Å². The van der Waals surface area contributed by atoms with E-state index in [1.165, 1.54) is 13.0 Å². The summed E-state index contributed by atoms with van der Waals surface area (Å²) in [4.78, 5) is 24.1. The smallest absolute Gasteiger partial charge is 0.335 e. The number of ketones is 1. The number of aromatic hydroxyl groups is 1. The molecule has 2 aliphatic rings. The maximum Gasteiger partial charge on any atom is 0.335 e. The fourth-order valence-electron chi connectivity index (χ4n) is 6.26. The summed E-state index contributed by atoms with van der Waals surface area (Å²) in [5, 5.41) is 65.1. The number of carbonyl (C=O) groups excluding carboxylic acids is 1. The molecule has 7 atom stereocenters. The second-order valence-electron chi connectivity index (χ2n) is 10.9. The van der Waals surface area contributed by atoms with Crippen molar-refractivity contribution < 1.29 is 49.7 Å². The number of aliphatic hydroxyl groups excluding tert-OH is 3. The molecule has 10 heteroatoms. The van der Waals surface area contributed by atoms with E-state index < -0.39 is 53.8 Å². The molecule has 1 saturated carbocycles. The van der Waals surface area contributed by atoms with Gasteiger partial charge in [0.25, 0.3) is 0 Å². The third kappa shape index (κ3) is 5.36. The lowest BCUT2D eigenvalue weighted by Gasteiger charge is -2.47. The summed E-state index contributed by atoms with van der Waals surface area (Å²) in [5.74, 6) is -2.49. The molecule has 0 radical (unpaired) electrons. The lowest BCUT2D eigenvalue weighted by Crippen LogP contribution is -2.66. The Morgan fingerprint density at radius 3 is 2.46 bits per heavy atom. The number of rotatable bonds is 9. The van der Waals surface area contributed by atoms with Gasteiger partial charge in [-0.15, -0.1) is 0 Å². The van der Waals surface area contributed by atoms with Crippen LogP contribution in [-0.4, -0.2) is 78.7 Å². The van der Waals surface area contributed by atoms with Gasteiger partial charge in [0.05, 0.1) is 22.1 Å². The Morgan fingerprint density at radius 2 is 1.82 bits per heavy atom. The molecule has 6 N–H and O–H groups in total. The second kappa shape index (κ2) is 11.4. The molecule has 0 amide bonds. The summed E-state index contributed by atoms with van der Waals surface area (Å²) in [7, 11) is 0. The minimum absolute atomic E-state index is 0.0285. The zero-order valence-corrected chi connectivity index (χ0v) is 22.5. The molecule has 2 fully saturated rings. The highest BCUT2D eigenvalue weighted by Gasteiger charge is 2.57. The van der Waals surface area contributed by atoms with Crippen molar-refractivity contribution in [3.63, 3.8) is 0 Å². The summed E-state index contributed by atoms with van der Waals surface area (Å²) < 4.78 is 11.9. The van der Waals surface area contributed by atoms with Crippen LogP contribution in [0.25, 0.3) is 10.8 Å². The van der Waals surface area contributed by atoms with Gasteiger partial charge in [-0.2, -0.15) is 0 Å². The number of carbonyl (C=O) groups is 2. The van der Waals surface area contributed by atoms with Crippen LogP contribution in [0.5, 0.6) is 11.5 Å². The molecule has 0 bridgehead atoms. The SMILES string of the molecule is CCCCC[C@H]1CCC[C@@]1(O)[C@@H]1O[C@@H](Oc2cc(C(=O)O)cc3cc(C)c(C(C)=O)c(O)c23)[C@H](O)[C@@H](O)[C@@H]1O. The van der Waals surface area contributed by atoms with Crippen molar-refractivity contribution in [1.82, 2.24) is 0 Å². The first kappa shape index (κ1) is 29.2. The third-order valence-corrected chi connectivity index (χ3v) is 8.27. The quantitative estimate of drug-likeness (QED) is 0.203. The molecule has 1 aliphatic heterocycles. The van der Waals surface area contributed by atoms with Gasteiger partial charge in [0.2, 0.25) is 6.29 Å². The molecule has 1 saturated heterocycles. The van der Waals surface area contributed by atoms with Crippen molar-refractivity contribution in [2.75, 3.05) is 0 Å². The number of unbranched alkanes of at least 4 members (excludes halogenated alkanes) is 2. The van der Waals surface area contributed by atoms with E-state index in [4.69, 9.17) is 9.47 Å². The fraction of sp³-hybridized carbons (Fsp3) is 0.586. The van der Waals surface area contributed by atoms with Gasteiger partial charge < -0.3 is 40.1 Å². The standard InChI is InChI=1S/C29H38O10/c1-4-5-6-8-18-9-7-10-29(18,37)26-24(33)23(32)25(34)28(39-26)38-19-13-17(27(35)36)12-16-11-14(2)20(15(3)30)22(31)21(16)19/h11-13,18,23-26,28,31-34,37H,4-10H2,1-3H3,(H,35,36)/t18-,23-,24-,25+,26+,28+,29-/m0/s1. The highest BCUT2D eigenvalue weighted by Crippen LogP contribution is 2.46. The molecular formula is C29H38O10.